The molecule has 0 aromatic carbocycles. The molecule has 1 aromatic heterocycles. The maximum absolute atomic E-state index is 10.5. The van der Waals surface area contributed by atoms with Gasteiger partial charge in [-0.1, -0.05) is 19.8 Å². The zero-order chi connectivity index (χ0) is 12.5. The standard InChI is InChI=1S/C13H21BrN2O/c1-3-10-12(14)11(16(4-2)15-10)9-13(17)7-5-6-8-13/h17H,3-9H2,1-2H3. The molecule has 1 heterocycles. The van der Waals surface area contributed by atoms with Crippen LogP contribution in [-0.4, -0.2) is 20.5 Å². The molecule has 96 valence electrons. The first-order valence-electron chi connectivity index (χ1n) is 6.56. The van der Waals surface area contributed by atoms with Gasteiger partial charge in [-0.05, 0) is 42.1 Å². The van der Waals surface area contributed by atoms with Crippen molar-refractivity contribution in [2.75, 3.05) is 0 Å². The maximum atomic E-state index is 10.5. The molecule has 1 fully saturated rings. The normalized spacial score (nSPS) is 18.8. The molecule has 0 amide bonds. The second-order valence-corrected chi connectivity index (χ2v) is 5.78. The Bertz CT molecular complexity index is 394. The molecule has 1 aliphatic carbocycles. The van der Waals surface area contributed by atoms with Crippen molar-refractivity contribution in [2.24, 2.45) is 0 Å². The van der Waals surface area contributed by atoms with Gasteiger partial charge in [0.15, 0.2) is 0 Å². The molecular weight excluding hydrogens is 280 g/mol. The van der Waals surface area contributed by atoms with Gasteiger partial charge < -0.3 is 5.11 Å². The first kappa shape index (κ1) is 13.1. The minimum atomic E-state index is -0.500. The first-order valence-corrected chi connectivity index (χ1v) is 7.35. The lowest BCUT2D eigenvalue weighted by Crippen LogP contribution is -2.28. The fourth-order valence-electron chi connectivity index (χ4n) is 2.71. The molecule has 1 aromatic rings. The predicted molar refractivity (Wildman–Crippen MR) is 72.1 cm³/mol. The van der Waals surface area contributed by atoms with Crippen LogP contribution in [0.2, 0.25) is 0 Å². The van der Waals surface area contributed by atoms with E-state index in [4.69, 9.17) is 0 Å². The lowest BCUT2D eigenvalue weighted by molar-refractivity contribution is 0.0459. The van der Waals surface area contributed by atoms with Gasteiger partial charge in [0.05, 0.1) is 21.5 Å². The van der Waals surface area contributed by atoms with E-state index in [1.807, 2.05) is 4.68 Å². The molecule has 0 unspecified atom stereocenters. The van der Waals surface area contributed by atoms with Crippen molar-refractivity contribution in [3.8, 4) is 0 Å². The summed E-state index contributed by atoms with van der Waals surface area (Å²) >= 11 is 3.64. The second-order valence-electron chi connectivity index (χ2n) is 4.98. The van der Waals surface area contributed by atoms with Gasteiger partial charge in [-0.3, -0.25) is 4.68 Å². The Kier molecular flexibility index (Phi) is 3.93. The van der Waals surface area contributed by atoms with Gasteiger partial charge in [-0.25, -0.2) is 0 Å². The van der Waals surface area contributed by atoms with Gasteiger partial charge in [0.1, 0.15) is 0 Å². The Hall–Kier alpha value is -0.350. The summed E-state index contributed by atoms with van der Waals surface area (Å²) in [5.41, 5.74) is 1.76. The van der Waals surface area contributed by atoms with E-state index in [0.717, 1.165) is 60.9 Å². The molecule has 1 N–H and O–H groups in total. The van der Waals surface area contributed by atoms with Crippen LogP contribution >= 0.6 is 15.9 Å². The lowest BCUT2D eigenvalue weighted by atomic mass is 9.96. The monoisotopic (exact) mass is 300 g/mol. The molecule has 2 rings (SSSR count). The van der Waals surface area contributed by atoms with Gasteiger partial charge >= 0.3 is 0 Å². The largest absolute Gasteiger partial charge is 0.389 e. The summed E-state index contributed by atoms with van der Waals surface area (Å²) in [6, 6.07) is 0. The summed E-state index contributed by atoms with van der Waals surface area (Å²) in [6.45, 7) is 5.08. The van der Waals surface area contributed by atoms with Crippen molar-refractivity contribution < 1.29 is 5.11 Å². The van der Waals surface area contributed by atoms with Crippen LogP contribution in [0.3, 0.4) is 0 Å². The summed E-state index contributed by atoms with van der Waals surface area (Å²) in [4.78, 5) is 0. The lowest BCUT2D eigenvalue weighted by Gasteiger charge is -2.22. The van der Waals surface area contributed by atoms with Crippen molar-refractivity contribution in [3.63, 3.8) is 0 Å². The van der Waals surface area contributed by atoms with Gasteiger partial charge in [0, 0.05) is 13.0 Å². The van der Waals surface area contributed by atoms with Crippen LogP contribution in [0.5, 0.6) is 0 Å². The number of hydrogen-bond donors (Lipinski definition) is 1. The topological polar surface area (TPSA) is 38.0 Å². The minimum absolute atomic E-state index is 0.500. The van der Waals surface area contributed by atoms with Crippen molar-refractivity contribution in [2.45, 2.75) is 64.5 Å². The van der Waals surface area contributed by atoms with E-state index >= 15 is 0 Å². The average molecular weight is 301 g/mol. The van der Waals surface area contributed by atoms with Gasteiger partial charge in [-0.2, -0.15) is 5.10 Å². The van der Waals surface area contributed by atoms with Crippen LogP contribution in [-0.2, 0) is 19.4 Å². The number of hydrogen-bond acceptors (Lipinski definition) is 2. The highest BCUT2D eigenvalue weighted by molar-refractivity contribution is 9.10. The quantitative estimate of drug-likeness (QED) is 0.928. The smallest absolute Gasteiger partial charge is 0.0766 e. The Morgan fingerprint density at radius 1 is 1.35 bits per heavy atom. The first-order chi connectivity index (χ1) is 8.09. The summed E-state index contributed by atoms with van der Waals surface area (Å²) in [5, 5.41) is 15.1. The number of rotatable bonds is 4. The van der Waals surface area contributed by atoms with E-state index in [1.165, 1.54) is 0 Å². The Morgan fingerprint density at radius 3 is 2.53 bits per heavy atom. The highest BCUT2D eigenvalue weighted by Crippen LogP contribution is 2.35. The van der Waals surface area contributed by atoms with E-state index in [-0.39, 0.29) is 0 Å². The third-order valence-corrected chi connectivity index (χ3v) is 4.64. The highest BCUT2D eigenvalue weighted by Gasteiger charge is 2.33. The fourth-order valence-corrected chi connectivity index (χ4v) is 3.41. The summed E-state index contributed by atoms with van der Waals surface area (Å²) < 4.78 is 3.13. The number of halogens is 1. The highest BCUT2D eigenvalue weighted by atomic mass is 79.9. The van der Waals surface area contributed by atoms with Crippen LogP contribution in [0.15, 0.2) is 4.47 Å². The van der Waals surface area contributed by atoms with Crippen LogP contribution in [0, 0.1) is 0 Å². The van der Waals surface area contributed by atoms with Gasteiger partial charge in [0.2, 0.25) is 0 Å². The number of nitrogens with zero attached hydrogens (tertiary/aromatic N) is 2. The number of aryl methyl sites for hydroxylation is 2. The van der Waals surface area contributed by atoms with Crippen molar-refractivity contribution in [3.05, 3.63) is 15.9 Å². The van der Waals surface area contributed by atoms with E-state index < -0.39 is 5.60 Å². The SMILES string of the molecule is CCc1nn(CC)c(CC2(O)CCCC2)c1Br. The molecule has 3 nitrogen and oxygen atoms in total. The van der Waals surface area contributed by atoms with E-state index in [1.54, 1.807) is 0 Å². The molecule has 0 atom stereocenters. The predicted octanol–water partition coefficient (Wildman–Crippen LogP) is 3.08. The number of aliphatic hydroxyl groups is 1. The van der Waals surface area contributed by atoms with Gasteiger partial charge in [-0.15, -0.1) is 0 Å². The minimum Gasteiger partial charge on any atom is -0.389 e. The van der Waals surface area contributed by atoms with Crippen LogP contribution in [0.25, 0.3) is 0 Å². The molecule has 0 saturated heterocycles. The summed E-state index contributed by atoms with van der Waals surface area (Å²) in [5.74, 6) is 0. The summed E-state index contributed by atoms with van der Waals surface area (Å²) in [6.07, 6.45) is 5.81. The second kappa shape index (κ2) is 5.11. The zero-order valence-electron chi connectivity index (χ0n) is 10.7. The van der Waals surface area contributed by atoms with Crippen LogP contribution in [0.1, 0.15) is 50.9 Å². The van der Waals surface area contributed by atoms with E-state index in [2.05, 4.69) is 34.9 Å². The Labute approximate surface area is 111 Å². The van der Waals surface area contributed by atoms with Crippen LogP contribution in [0.4, 0.5) is 0 Å². The molecule has 1 saturated carbocycles. The van der Waals surface area contributed by atoms with Crippen LogP contribution < -0.4 is 0 Å². The van der Waals surface area contributed by atoms with Crippen molar-refractivity contribution in [1.82, 2.24) is 9.78 Å². The molecular formula is C13H21BrN2O. The Balaban J connectivity index is 2.27. The summed E-state index contributed by atoms with van der Waals surface area (Å²) in [7, 11) is 0. The van der Waals surface area contributed by atoms with Crippen molar-refractivity contribution >= 4 is 15.9 Å². The zero-order valence-corrected chi connectivity index (χ0v) is 12.3. The average Bonchev–Trinajstić information content (AvgIpc) is 2.86. The van der Waals surface area contributed by atoms with Crippen molar-refractivity contribution in [1.29, 1.82) is 0 Å². The maximum Gasteiger partial charge on any atom is 0.0766 e. The third kappa shape index (κ3) is 2.58. The molecule has 0 spiro atoms. The Morgan fingerprint density at radius 2 is 2.00 bits per heavy atom. The van der Waals surface area contributed by atoms with E-state index in [0.29, 0.717) is 0 Å². The molecule has 4 heteroatoms. The van der Waals surface area contributed by atoms with Gasteiger partial charge in [0.25, 0.3) is 0 Å². The molecule has 0 radical (unpaired) electrons. The third-order valence-electron chi connectivity index (χ3n) is 3.72. The van der Waals surface area contributed by atoms with E-state index in [9.17, 15) is 5.11 Å². The number of aromatic nitrogens is 2. The molecule has 0 bridgehead atoms. The molecule has 1 aliphatic rings. The molecule has 0 aliphatic heterocycles. The molecule has 17 heavy (non-hydrogen) atoms. The fraction of sp³-hybridized carbons (Fsp3) is 0.769.